The standard InChI is InChI=1S/C25H28N4O2/c1-4-20-10-5-6-13-29(20)25(31)22-15-26-24-21(12-11-16(2)27-24)23(22)28-19-9-7-8-18(14-19)17(3)30/h7-9,11-12,14-15,20H,4-6,10,13H2,1-3H3,(H,26,27,28)/t20-/m1/s1. The lowest BCUT2D eigenvalue weighted by Crippen LogP contribution is -2.43. The van der Waals surface area contributed by atoms with Crippen molar-refractivity contribution in [2.75, 3.05) is 11.9 Å². The highest BCUT2D eigenvalue weighted by Gasteiger charge is 2.28. The maximum Gasteiger partial charge on any atom is 0.257 e. The number of carbonyl (C=O) groups excluding carboxylic acids is 2. The predicted octanol–water partition coefficient (Wildman–Crippen LogP) is 5.29. The summed E-state index contributed by atoms with van der Waals surface area (Å²) in [7, 11) is 0. The molecule has 1 aliphatic rings. The van der Waals surface area contributed by atoms with Crippen molar-refractivity contribution in [1.29, 1.82) is 0 Å². The number of hydrogen-bond donors (Lipinski definition) is 1. The molecule has 4 rings (SSSR count). The van der Waals surface area contributed by atoms with Crippen LogP contribution in [0.5, 0.6) is 0 Å². The lowest BCUT2D eigenvalue weighted by atomic mass is 9.98. The molecule has 0 radical (unpaired) electrons. The molecule has 3 heterocycles. The molecular formula is C25H28N4O2. The number of fused-ring (bicyclic) bond motifs is 1. The minimum Gasteiger partial charge on any atom is -0.354 e. The van der Waals surface area contributed by atoms with E-state index in [1.54, 1.807) is 25.3 Å². The molecule has 0 aliphatic carbocycles. The highest BCUT2D eigenvalue weighted by Crippen LogP contribution is 2.32. The highest BCUT2D eigenvalue weighted by atomic mass is 16.2. The summed E-state index contributed by atoms with van der Waals surface area (Å²) in [5.41, 5.74) is 4.04. The number of piperidine rings is 1. The van der Waals surface area contributed by atoms with E-state index in [4.69, 9.17) is 0 Å². The number of benzene rings is 1. The van der Waals surface area contributed by atoms with Gasteiger partial charge in [-0.1, -0.05) is 19.1 Å². The number of aryl methyl sites for hydroxylation is 1. The third-order valence-electron chi connectivity index (χ3n) is 6.00. The average molecular weight is 417 g/mol. The van der Waals surface area contributed by atoms with Gasteiger partial charge in [0, 0.05) is 41.1 Å². The minimum atomic E-state index is -0.00764. The van der Waals surface area contributed by atoms with Gasteiger partial charge in [0.1, 0.15) is 0 Å². The van der Waals surface area contributed by atoms with Crippen molar-refractivity contribution >= 4 is 34.1 Å². The Balaban J connectivity index is 1.82. The molecule has 1 N–H and O–H groups in total. The fourth-order valence-electron chi connectivity index (χ4n) is 4.28. The summed E-state index contributed by atoms with van der Waals surface area (Å²) < 4.78 is 0. The normalized spacial score (nSPS) is 16.4. The zero-order chi connectivity index (χ0) is 22.0. The number of Topliss-reactive ketones (excluding diaryl/α,β-unsaturated/α-hetero) is 1. The molecule has 31 heavy (non-hydrogen) atoms. The van der Waals surface area contributed by atoms with Crippen molar-refractivity contribution in [3.63, 3.8) is 0 Å². The maximum absolute atomic E-state index is 13.6. The predicted molar refractivity (Wildman–Crippen MR) is 123 cm³/mol. The summed E-state index contributed by atoms with van der Waals surface area (Å²) in [6.45, 7) is 6.36. The van der Waals surface area contributed by atoms with Crippen LogP contribution < -0.4 is 5.32 Å². The van der Waals surface area contributed by atoms with Crippen LogP contribution in [-0.2, 0) is 0 Å². The Hall–Kier alpha value is -3.28. The van der Waals surface area contributed by atoms with Gasteiger partial charge in [0.2, 0.25) is 0 Å². The second kappa shape index (κ2) is 8.84. The van der Waals surface area contributed by atoms with Crippen LogP contribution in [0.15, 0.2) is 42.6 Å². The van der Waals surface area contributed by atoms with Crippen molar-refractivity contribution < 1.29 is 9.59 Å². The Bertz CT molecular complexity index is 1140. The number of hydrogen-bond acceptors (Lipinski definition) is 5. The molecular weight excluding hydrogens is 388 g/mol. The summed E-state index contributed by atoms with van der Waals surface area (Å²) in [4.78, 5) is 36.5. The number of carbonyl (C=O) groups is 2. The molecule has 1 fully saturated rings. The van der Waals surface area contributed by atoms with Crippen molar-refractivity contribution in [2.45, 2.75) is 52.5 Å². The van der Waals surface area contributed by atoms with Gasteiger partial charge in [0.05, 0.1) is 11.3 Å². The van der Waals surface area contributed by atoms with Crippen LogP contribution in [-0.4, -0.2) is 39.1 Å². The molecule has 1 aliphatic heterocycles. The van der Waals surface area contributed by atoms with Crippen molar-refractivity contribution in [1.82, 2.24) is 14.9 Å². The van der Waals surface area contributed by atoms with Crippen LogP contribution in [0.4, 0.5) is 11.4 Å². The van der Waals surface area contributed by atoms with Crippen molar-refractivity contribution in [3.8, 4) is 0 Å². The van der Waals surface area contributed by atoms with Gasteiger partial charge in [-0.05, 0) is 63.8 Å². The molecule has 0 bridgehead atoms. The third kappa shape index (κ3) is 4.29. The van der Waals surface area contributed by atoms with Crippen LogP contribution in [0.3, 0.4) is 0 Å². The van der Waals surface area contributed by atoms with Gasteiger partial charge in [0.15, 0.2) is 11.4 Å². The number of anilines is 2. The number of ketones is 1. The molecule has 2 aromatic heterocycles. The first kappa shape index (κ1) is 21.0. The van der Waals surface area contributed by atoms with E-state index in [1.807, 2.05) is 36.1 Å². The lowest BCUT2D eigenvalue weighted by molar-refractivity contribution is 0.0608. The van der Waals surface area contributed by atoms with Gasteiger partial charge in [0.25, 0.3) is 5.91 Å². The van der Waals surface area contributed by atoms with Crippen LogP contribution >= 0.6 is 0 Å². The second-order valence-electron chi connectivity index (χ2n) is 8.19. The summed E-state index contributed by atoms with van der Waals surface area (Å²) in [5, 5.41) is 4.19. The summed E-state index contributed by atoms with van der Waals surface area (Å²) in [6, 6.07) is 11.4. The number of nitrogens with zero attached hydrogens (tertiary/aromatic N) is 3. The van der Waals surface area contributed by atoms with Crippen LogP contribution in [0.1, 0.15) is 65.9 Å². The van der Waals surface area contributed by atoms with Crippen LogP contribution in [0, 0.1) is 6.92 Å². The van der Waals surface area contributed by atoms with E-state index in [-0.39, 0.29) is 17.7 Å². The molecule has 6 nitrogen and oxygen atoms in total. The fraction of sp³-hybridized carbons (Fsp3) is 0.360. The number of pyridine rings is 2. The molecule has 1 amide bonds. The Morgan fingerprint density at radius 3 is 2.81 bits per heavy atom. The molecule has 0 saturated carbocycles. The van der Waals surface area contributed by atoms with Gasteiger partial charge >= 0.3 is 0 Å². The van der Waals surface area contributed by atoms with E-state index in [1.165, 1.54) is 0 Å². The van der Waals surface area contributed by atoms with Crippen LogP contribution in [0.2, 0.25) is 0 Å². The topological polar surface area (TPSA) is 75.2 Å². The molecule has 0 spiro atoms. The Kier molecular flexibility index (Phi) is 5.98. The number of likely N-dealkylation sites (tertiary alicyclic amines) is 1. The number of amides is 1. The van der Waals surface area contributed by atoms with E-state index < -0.39 is 0 Å². The van der Waals surface area contributed by atoms with E-state index in [0.29, 0.717) is 22.5 Å². The van der Waals surface area contributed by atoms with Crippen molar-refractivity contribution in [3.05, 3.63) is 59.4 Å². The summed E-state index contributed by atoms with van der Waals surface area (Å²) in [6.07, 6.45) is 5.79. The second-order valence-corrected chi connectivity index (χ2v) is 8.19. The third-order valence-corrected chi connectivity index (χ3v) is 6.00. The quantitative estimate of drug-likeness (QED) is 0.572. The molecule has 0 unspecified atom stereocenters. The van der Waals surface area contributed by atoms with Gasteiger partial charge in [-0.2, -0.15) is 0 Å². The summed E-state index contributed by atoms with van der Waals surface area (Å²) in [5.74, 6) is -0.0114. The number of rotatable bonds is 5. The first-order valence-corrected chi connectivity index (χ1v) is 10.9. The van der Waals surface area contributed by atoms with Gasteiger partial charge < -0.3 is 10.2 Å². The Labute approximate surface area is 182 Å². The fourth-order valence-corrected chi connectivity index (χ4v) is 4.28. The summed E-state index contributed by atoms with van der Waals surface area (Å²) >= 11 is 0. The molecule has 1 aromatic carbocycles. The van der Waals surface area contributed by atoms with E-state index in [2.05, 4.69) is 22.2 Å². The molecule has 3 aromatic rings. The first-order valence-electron chi connectivity index (χ1n) is 10.9. The van der Waals surface area contributed by atoms with Gasteiger partial charge in [-0.3, -0.25) is 9.59 Å². The van der Waals surface area contributed by atoms with E-state index >= 15 is 0 Å². The zero-order valence-corrected chi connectivity index (χ0v) is 18.3. The number of nitrogens with one attached hydrogen (secondary N) is 1. The molecule has 1 saturated heterocycles. The van der Waals surface area contributed by atoms with Crippen LogP contribution in [0.25, 0.3) is 11.0 Å². The minimum absolute atomic E-state index is 0.00377. The molecule has 160 valence electrons. The highest BCUT2D eigenvalue weighted by molar-refractivity contribution is 6.07. The SMILES string of the molecule is CC[C@@H]1CCCCN1C(=O)c1cnc2nc(C)ccc2c1Nc1cccc(C(C)=O)c1. The lowest BCUT2D eigenvalue weighted by Gasteiger charge is -2.35. The Morgan fingerprint density at radius 2 is 2.03 bits per heavy atom. The average Bonchev–Trinajstić information content (AvgIpc) is 2.78. The molecule has 1 atom stereocenters. The van der Waals surface area contributed by atoms with E-state index in [0.717, 1.165) is 49.0 Å². The van der Waals surface area contributed by atoms with Crippen molar-refractivity contribution in [2.24, 2.45) is 0 Å². The number of aromatic nitrogens is 2. The smallest absolute Gasteiger partial charge is 0.257 e. The first-order chi connectivity index (χ1) is 15.0. The van der Waals surface area contributed by atoms with E-state index in [9.17, 15) is 9.59 Å². The maximum atomic E-state index is 13.6. The zero-order valence-electron chi connectivity index (χ0n) is 18.3. The molecule has 6 heteroatoms. The van der Waals surface area contributed by atoms with Gasteiger partial charge in [-0.25, -0.2) is 9.97 Å². The monoisotopic (exact) mass is 416 g/mol. The Morgan fingerprint density at radius 1 is 1.19 bits per heavy atom. The largest absolute Gasteiger partial charge is 0.354 e. The van der Waals surface area contributed by atoms with Gasteiger partial charge in [-0.15, -0.1) is 0 Å².